The Morgan fingerprint density at radius 3 is 2.43 bits per heavy atom. The number of nitro groups is 1. The molecule has 0 aliphatic carbocycles. The second-order valence-corrected chi connectivity index (χ2v) is 4.91. The fraction of sp³-hybridized carbons (Fsp3) is 0.250. The zero-order chi connectivity index (χ0) is 17.1. The highest BCUT2D eigenvalue weighted by Crippen LogP contribution is 2.31. The number of non-ortho nitro benzene ring substituents is 1. The number of nitro benzene ring substituents is 1. The van der Waals surface area contributed by atoms with Gasteiger partial charge in [0.25, 0.3) is 11.6 Å². The second-order valence-electron chi connectivity index (χ2n) is 4.91. The zero-order valence-electron chi connectivity index (χ0n) is 13.0. The van der Waals surface area contributed by atoms with Gasteiger partial charge in [-0.05, 0) is 37.6 Å². The quantitative estimate of drug-likeness (QED) is 0.368. The lowest BCUT2D eigenvalue weighted by atomic mass is 10.0. The number of esters is 1. The normalized spacial score (nSPS) is 16.2. The van der Waals surface area contributed by atoms with Gasteiger partial charge in [0, 0.05) is 24.4 Å². The van der Waals surface area contributed by atoms with Crippen LogP contribution < -0.4 is 0 Å². The minimum atomic E-state index is -0.583. The van der Waals surface area contributed by atoms with Crippen molar-refractivity contribution >= 4 is 23.6 Å². The van der Waals surface area contributed by atoms with Crippen LogP contribution in [0, 0.1) is 10.1 Å². The van der Waals surface area contributed by atoms with Gasteiger partial charge >= 0.3 is 5.97 Å². The molecule has 0 aromatic heterocycles. The summed E-state index contributed by atoms with van der Waals surface area (Å²) in [7, 11) is 1.26. The molecule has 0 saturated heterocycles. The zero-order valence-corrected chi connectivity index (χ0v) is 13.0. The Hall–Kier alpha value is -2.96. The van der Waals surface area contributed by atoms with Crippen LogP contribution in [0.1, 0.15) is 19.4 Å². The van der Waals surface area contributed by atoms with Gasteiger partial charge < -0.3 is 9.64 Å². The molecule has 0 radical (unpaired) electrons. The van der Waals surface area contributed by atoms with E-state index >= 15 is 0 Å². The van der Waals surface area contributed by atoms with Crippen molar-refractivity contribution in [3.63, 3.8) is 0 Å². The van der Waals surface area contributed by atoms with Crippen molar-refractivity contribution in [3.05, 3.63) is 56.8 Å². The number of allylic oxidation sites excluding steroid dienone is 1. The van der Waals surface area contributed by atoms with E-state index < -0.39 is 10.9 Å². The smallest absolute Gasteiger partial charge is 0.340 e. The summed E-state index contributed by atoms with van der Waals surface area (Å²) in [6.07, 6.45) is 1.54. The first-order valence-electron chi connectivity index (χ1n) is 6.98. The van der Waals surface area contributed by atoms with Gasteiger partial charge in [-0.2, -0.15) is 0 Å². The Balaban J connectivity index is 2.48. The molecule has 0 unspecified atom stereocenters. The fourth-order valence-corrected chi connectivity index (χ4v) is 2.47. The number of hydrogen-bond donors (Lipinski definition) is 0. The maximum absolute atomic E-state index is 12.5. The summed E-state index contributed by atoms with van der Waals surface area (Å²) < 4.78 is 4.76. The third-order valence-electron chi connectivity index (χ3n) is 3.63. The molecule has 7 heteroatoms. The third kappa shape index (κ3) is 2.98. The molecule has 1 amide bonds. The fourth-order valence-electron chi connectivity index (χ4n) is 2.47. The first kappa shape index (κ1) is 16.4. The highest BCUT2D eigenvalue weighted by Gasteiger charge is 2.36. The number of ether oxygens (including phenoxy) is 1. The van der Waals surface area contributed by atoms with E-state index in [0.717, 1.165) is 0 Å². The Morgan fingerprint density at radius 1 is 1.35 bits per heavy atom. The molecule has 1 aromatic rings. The average molecular weight is 316 g/mol. The Bertz CT molecular complexity index is 731. The van der Waals surface area contributed by atoms with Gasteiger partial charge in [0.2, 0.25) is 0 Å². The lowest BCUT2D eigenvalue weighted by molar-refractivity contribution is -0.384. The number of methoxy groups -OCH3 is 1. The van der Waals surface area contributed by atoms with E-state index in [-0.39, 0.29) is 22.7 Å². The largest absolute Gasteiger partial charge is 0.465 e. The Labute approximate surface area is 133 Å². The van der Waals surface area contributed by atoms with Crippen molar-refractivity contribution in [2.24, 2.45) is 0 Å². The van der Waals surface area contributed by atoms with Gasteiger partial charge in [-0.25, -0.2) is 4.79 Å². The van der Waals surface area contributed by atoms with Crippen LogP contribution in [0.2, 0.25) is 0 Å². The molecule has 120 valence electrons. The number of carbonyl (C=O) groups excluding carboxylic acids is 2. The van der Waals surface area contributed by atoms with E-state index in [2.05, 4.69) is 0 Å². The number of benzene rings is 1. The first-order valence-corrected chi connectivity index (χ1v) is 6.98. The van der Waals surface area contributed by atoms with Gasteiger partial charge in [0.1, 0.15) is 0 Å². The van der Waals surface area contributed by atoms with Gasteiger partial charge in [0.15, 0.2) is 0 Å². The van der Waals surface area contributed by atoms with E-state index in [4.69, 9.17) is 4.74 Å². The monoisotopic (exact) mass is 316 g/mol. The van der Waals surface area contributed by atoms with Crippen LogP contribution >= 0.6 is 0 Å². The van der Waals surface area contributed by atoms with Crippen LogP contribution in [0.3, 0.4) is 0 Å². The SMILES string of the molecule is CCN1C(=O)C(=Cc2ccc([N+](=O)[O-])cc2)C(C(=O)OC)=C1C. The molecule has 7 nitrogen and oxygen atoms in total. The van der Waals surface area contributed by atoms with Crippen molar-refractivity contribution < 1.29 is 19.2 Å². The molecule has 1 aliphatic rings. The molecule has 2 rings (SSSR count). The lowest BCUT2D eigenvalue weighted by Gasteiger charge is -2.14. The molecule has 0 saturated carbocycles. The molecule has 0 bridgehead atoms. The van der Waals surface area contributed by atoms with Gasteiger partial charge in [-0.15, -0.1) is 0 Å². The molecular formula is C16H16N2O5. The average Bonchev–Trinajstić information content (AvgIpc) is 2.77. The molecule has 1 heterocycles. The molecule has 1 aliphatic heterocycles. The number of likely N-dealkylation sites (N-methyl/N-ethyl adjacent to an activating group) is 1. The predicted molar refractivity (Wildman–Crippen MR) is 83.2 cm³/mol. The van der Waals surface area contributed by atoms with Crippen molar-refractivity contribution in [1.29, 1.82) is 0 Å². The number of amides is 1. The van der Waals surface area contributed by atoms with Crippen LogP contribution in [0.15, 0.2) is 41.1 Å². The van der Waals surface area contributed by atoms with Crippen LogP contribution in [0.25, 0.3) is 6.08 Å². The summed E-state index contributed by atoms with van der Waals surface area (Å²) in [4.78, 5) is 36.1. The summed E-state index contributed by atoms with van der Waals surface area (Å²) in [6.45, 7) is 3.93. The number of carbonyl (C=O) groups is 2. The Kier molecular flexibility index (Phi) is 4.59. The highest BCUT2D eigenvalue weighted by atomic mass is 16.6. The van der Waals surface area contributed by atoms with E-state index in [9.17, 15) is 19.7 Å². The molecule has 0 spiro atoms. The standard InChI is InChI=1S/C16H16N2O5/c1-4-17-10(2)14(16(20)23-3)13(15(17)19)9-11-5-7-12(8-6-11)18(21)22/h5-9H,4H2,1-3H3. The highest BCUT2D eigenvalue weighted by molar-refractivity contribution is 6.16. The molecule has 0 fully saturated rings. The van der Waals surface area contributed by atoms with Crippen LogP contribution in [-0.4, -0.2) is 35.4 Å². The molecule has 1 aromatic carbocycles. The number of nitrogens with zero attached hydrogens (tertiary/aromatic N) is 2. The molecule has 0 atom stereocenters. The second kappa shape index (κ2) is 6.43. The topological polar surface area (TPSA) is 89.8 Å². The number of hydrogen-bond acceptors (Lipinski definition) is 5. The van der Waals surface area contributed by atoms with Crippen LogP contribution in [0.5, 0.6) is 0 Å². The van der Waals surface area contributed by atoms with Gasteiger partial charge in [-0.3, -0.25) is 14.9 Å². The summed E-state index contributed by atoms with van der Waals surface area (Å²) in [5.41, 5.74) is 1.53. The summed E-state index contributed by atoms with van der Waals surface area (Å²) in [5, 5.41) is 10.7. The van der Waals surface area contributed by atoms with Gasteiger partial charge in [-0.1, -0.05) is 0 Å². The summed E-state index contributed by atoms with van der Waals surface area (Å²) in [5.74, 6) is -0.872. The molecular weight excluding hydrogens is 300 g/mol. The maximum atomic E-state index is 12.5. The van der Waals surface area contributed by atoms with Crippen molar-refractivity contribution in [1.82, 2.24) is 4.90 Å². The summed E-state index contributed by atoms with van der Waals surface area (Å²) >= 11 is 0. The maximum Gasteiger partial charge on any atom is 0.340 e. The van der Waals surface area contributed by atoms with Crippen LogP contribution in [0.4, 0.5) is 5.69 Å². The van der Waals surface area contributed by atoms with Crippen molar-refractivity contribution in [2.75, 3.05) is 13.7 Å². The number of rotatable bonds is 4. The minimum absolute atomic E-state index is 0.0417. The molecule has 23 heavy (non-hydrogen) atoms. The molecule has 0 N–H and O–H groups in total. The van der Waals surface area contributed by atoms with E-state index in [1.54, 1.807) is 6.92 Å². The van der Waals surface area contributed by atoms with Gasteiger partial charge in [0.05, 0.1) is 23.2 Å². The first-order chi connectivity index (χ1) is 10.9. The van der Waals surface area contributed by atoms with Crippen LogP contribution in [-0.2, 0) is 14.3 Å². The van der Waals surface area contributed by atoms with Crippen molar-refractivity contribution in [2.45, 2.75) is 13.8 Å². The van der Waals surface area contributed by atoms with Crippen molar-refractivity contribution in [3.8, 4) is 0 Å². The minimum Gasteiger partial charge on any atom is -0.465 e. The Morgan fingerprint density at radius 2 is 1.96 bits per heavy atom. The predicted octanol–water partition coefficient (Wildman–Crippen LogP) is 2.29. The third-order valence-corrected chi connectivity index (χ3v) is 3.63. The lowest BCUT2D eigenvalue weighted by Crippen LogP contribution is -2.24. The van der Waals surface area contributed by atoms with E-state index in [1.165, 1.54) is 42.4 Å². The van der Waals surface area contributed by atoms with E-state index in [1.807, 2.05) is 6.92 Å². The summed E-state index contributed by atoms with van der Waals surface area (Å²) in [6, 6.07) is 5.74. The van der Waals surface area contributed by atoms with E-state index in [0.29, 0.717) is 17.8 Å².